The van der Waals surface area contributed by atoms with Gasteiger partial charge in [-0.3, -0.25) is 4.79 Å². The van der Waals surface area contributed by atoms with Gasteiger partial charge in [-0.15, -0.1) is 0 Å². The average molecular weight is 258 g/mol. The molecule has 2 aromatic rings. The molecular formula is C14H10O3S. The van der Waals surface area contributed by atoms with Crippen molar-refractivity contribution in [2.75, 3.05) is 0 Å². The van der Waals surface area contributed by atoms with E-state index < -0.39 is 0 Å². The van der Waals surface area contributed by atoms with E-state index in [2.05, 4.69) is 0 Å². The highest BCUT2D eigenvalue weighted by molar-refractivity contribution is 7.99. The minimum Gasteiger partial charge on any atom is -0.455 e. The maximum Gasteiger partial charge on any atom is 0.308 e. The van der Waals surface area contributed by atoms with Gasteiger partial charge in [0, 0.05) is 6.92 Å². The topological polar surface area (TPSA) is 35.5 Å². The fourth-order valence-corrected chi connectivity index (χ4v) is 2.76. The molecule has 3 nitrogen and oxygen atoms in total. The quantitative estimate of drug-likeness (QED) is 0.490. The summed E-state index contributed by atoms with van der Waals surface area (Å²) in [6.07, 6.45) is 0. The second-order valence-electron chi connectivity index (χ2n) is 3.83. The zero-order valence-electron chi connectivity index (χ0n) is 9.67. The molecule has 4 heteroatoms. The molecule has 0 fully saturated rings. The van der Waals surface area contributed by atoms with Crippen molar-refractivity contribution in [1.82, 2.24) is 0 Å². The largest absolute Gasteiger partial charge is 0.455 e. The standard InChI is InChI=1S/C14H10O3S/c1-9(15)16-11-6-4-7-12-14(11)18-13-8-3-2-5-10(13)17-12/h2-8H,1H3. The number of ether oxygens (including phenoxy) is 2. The Labute approximate surface area is 109 Å². The van der Waals surface area contributed by atoms with E-state index in [4.69, 9.17) is 9.47 Å². The number of rotatable bonds is 1. The van der Waals surface area contributed by atoms with Gasteiger partial charge in [-0.2, -0.15) is 0 Å². The molecule has 0 aliphatic carbocycles. The van der Waals surface area contributed by atoms with Crippen LogP contribution in [-0.4, -0.2) is 5.97 Å². The molecule has 18 heavy (non-hydrogen) atoms. The summed E-state index contributed by atoms with van der Waals surface area (Å²) in [7, 11) is 0. The number of hydrogen-bond donors (Lipinski definition) is 0. The predicted octanol–water partition coefficient (Wildman–Crippen LogP) is 3.87. The summed E-state index contributed by atoms with van der Waals surface area (Å²) in [5.41, 5.74) is 0. The number of para-hydroxylation sites is 1. The maximum absolute atomic E-state index is 11.1. The molecule has 1 aliphatic heterocycles. The van der Waals surface area contributed by atoms with E-state index in [-0.39, 0.29) is 5.97 Å². The van der Waals surface area contributed by atoms with Crippen molar-refractivity contribution < 1.29 is 14.3 Å². The minimum absolute atomic E-state index is 0.331. The average Bonchev–Trinajstić information content (AvgIpc) is 2.36. The summed E-state index contributed by atoms with van der Waals surface area (Å²) in [5.74, 6) is 1.76. The number of benzene rings is 2. The van der Waals surface area contributed by atoms with Crippen LogP contribution in [0.2, 0.25) is 0 Å². The van der Waals surface area contributed by atoms with Crippen LogP contribution in [0.4, 0.5) is 0 Å². The summed E-state index contributed by atoms with van der Waals surface area (Å²) < 4.78 is 11.0. The van der Waals surface area contributed by atoms with Gasteiger partial charge in [-0.1, -0.05) is 30.0 Å². The zero-order valence-corrected chi connectivity index (χ0v) is 10.5. The summed E-state index contributed by atoms with van der Waals surface area (Å²) in [6, 6.07) is 13.2. The van der Waals surface area contributed by atoms with Gasteiger partial charge in [0.25, 0.3) is 0 Å². The fraction of sp³-hybridized carbons (Fsp3) is 0.0714. The van der Waals surface area contributed by atoms with Crippen LogP contribution in [0.3, 0.4) is 0 Å². The smallest absolute Gasteiger partial charge is 0.308 e. The predicted molar refractivity (Wildman–Crippen MR) is 68.4 cm³/mol. The van der Waals surface area contributed by atoms with E-state index in [1.807, 2.05) is 36.4 Å². The van der Waals surface area contributed by atoms with Crippen LogP contribution in [0, 0.1) is 0 Å². The second kappa shape index (κ2) is 4.38. The molecule has 0 N–H and O–H groups in total. The van der Waals surface area contributed by atoms with E-state index >= 15 is 0 Å². The number of hydrogen-bond acceptors (Lipinski definition) is 4. The van der Waals surface area contributed by atoms with Crippen molar-refractivity contribution in [2.45, 2.75) is 16.7 Å². The number of carbonyl (C=O) groups excluding carboxylic acids is 1. The molecule has 0 unspecified atom stereocenters. The highest BCUT2D eigenvalue weighted by Gasteiger charge is 2.21. The van der Waals surface area contributed by atoms with E-state index in [1.165, 1.54) is 6.92 Å². The third-order valence-corrected chi connectivity index (χ3v) is 3.64. The summed E-state index contributed by atoms with van der Waals surface area (Å²) >= 11 is 1.55. The molecule has 0 atom stereocenters. The SMILES string of the molecule is CC(=O)Oc1cccc2c1Sc1ccccc1O2. The first kappa shape index (κ1) is 11.2. The molecule has 0 radical (unpaired) electrons. The molecule has 0 saturated heterocycles. The maximum atomic E-state index is 11.1. The lowest BCUT2D eigenvalue weighted by Gasteiger charge is -2.20. The molecule has 0 spiro atoms. The molecular weight excluding hydrogens is 248 g/mol. The lowest BCUT2D eigenvalue weighted by Crippen LogP contribution is -2.04. The molecule has 1 aliphatic rings. The highest BCUT2D eigenvalue weighted by Crippen LogP contribution is 2.50. The van der Waals surface area contributed by atoms with Crippen molar-refractivity contribution in [3.05, 3.63) is 42.5 Å². The molecule has 0 aromatic heterocycles. The van der Waals surface area contributed by atoms with E-state index in [0.717, 1.165) is 21.3 Å². The third kappa shape index (κ3) is 1.95. The highest BCUT2D eigenvalue weighted by atomic mass is 32.2. The van der Waals surface area contributed by atoms with Gasteiger partial charge in [0.05, 0.1) is 9.79 Å². The number of esters is 1. The van der Waals surface area contributed by atoms with Crippen LogP contribution >= 0.6 is 11.8 Å². The fourth-order valence-electron chi connectivity index (χ4n) is 1.76. The number of fused-ring (bicyclic) bond motifs is 2. The Bertz CT molecular complexity index is 622. The summed E-state index contributed by atoms with van der Waals surface area (Å²) in [5, 5.41) is 0. The van der Waals surface area contributed by atoms with Crippen LogP contribution in [0.15, 0.2) is 52.3 Å². The third-order valence-electron chi connectivity index (χ3n) is 2.48. The van der Waals surface area contributed by atoms with Gasteiger partial charge < -0.3 is 9.47 Å². The van der Waals surface area contributed by atoms with E-state index in [1.54, 1.807) is 17.8 Å². The molecule has 0 bridgehead atoms. The summed E-state index contributed by atoms with van der Waals surface area (Å²) in [6.45, 7) is 1.39. The second-order valence-corrected chi connectivity index (χ2v) is 4.88. The lowest BCUT2D eigenvalue weighted by molar-refractivity contribution is -0.132. The minimum atomic E-state index is -0.331. The van der Waals surface area contributed by atoms with Crippen LogP contribution in [0.5, 0.6) is 17.2 Å². The van der Waals surface area contributed by atoms with Crippen LogP contribution in [-0.2, 0) is 4.79 Å². The van der Waals surface area contributed by atoms with Crippen LogP contribution < -0.4 is 9.47 Å². The normalized spacial score (nSPS) is 12.1. The van der Waals surface area contributed by atoms with Crippen molar-refractivity contribution in [1.29, 1.82) is 0 Å². The molecule has 1 heterocycles. The van der Waals surface area contributed by atoms with Crippen molar-refractivity contribution >= 4 is 17.7 Å². The van der Waals surface area contributed by atoms with Crippen molar-refractivity contribution in [3.63, 3.8) is 0 Å². The van der Waals surface area contributed by atoms with E-state index in [9.17, 15) is 4.79 Å². The van der Waals surface area contributed by atoms with Gasteiger partial charge in [-0.05, 0) is 24.3 Å². The van der Waals surface area contributed by atoms with Crippen molar-refractivity contribution in [2.24, 2.45) is 0 Å². The zero-order chi connectivity index (χ0) is 12.5. The monoisotopic (exact) mass is 258 g/mol. The van der Waals surface area contributed by atoms with Gasteiger partial charge in [-0.25, -0.2) is 0 Å². The van der Waals surface area contributed by atoms with Gasteiger partial charge in [0.15, 0.2) is 0 Å². The van der Waals surface area contributed by atoms with Gasteiger partial charge in [0.2, 0.25) is 0 Å². The first-order chi connectivity index (χ1) is 8.74. The van der Waals surface area contributed by atoms with E-state index in [0.29, 0.717) is 5.75 Å². The lowest BCUT2D eigenvalue weighted by atomic mass is 10.3. The Hall–Kier alpha value is -1.94. The molecule has 3 rings (SSSR count). The Morgan fingerprint density at radius 3 is 2.72 bits per heavy atom. The molecule has 2 aromatic carbocycles. The van der Waals surface area contributed by atoms with Crippen molar-refractivity contribution in [3.8, 4) is 17.2 Å². The number of carbonyl (C=O) groups is 1. The molecule has 0 saturated carbocycles. The Morgan fingerprint density at radius 1 is 1.11 bits per heavy atom. The first-order valence-corrected chi connectivity index (χ1v) is 6.32. The summed E-state index contributed by atoms with van der Waals surface area (Å²) in [4.78, 5) is 12.9. The van der Waals surface area contributed by atoms with Crippen LogP contribution in [0.1, 0.15) is 6.92 Å². The van der Waals surface area contributed by atoms with Crippen LogP contribution in [0.25, 0.3) is 0 Å². The molecule has 0 amide bonds. The Balaban J connectivity index is 2.04. The first-order valence-electron chi connectivity index (χ1n) is 5.50. The Morgan fingerprint density at radius 2 is 1.89 bits per heavy atom. The van der Waals surface area contributed by atoms with Gasteiger partial charge in [0.1, 0.15) is 17.2 Å². The molecule has 90 valence electrons. The Kier molecular flexibility index (Phi) is 2.72. The van der Waals surface area contributed by atoms with Gasteiger partial charge >= 0.3 is 5.97 Å².